The lowest BCUT2D eigenvalue weighted by Crippen LogP contribution is -2.48. The molecule has 0 unspecified atom stereocenters. The van der Waals surface area contributed by atoms with Crippen LogP contribution in [0.5, 0.6) is 0 Å². The standard InChI is InChI=1S/C24H27ClN4O5S/c25-18-10-4-5-11-19(18)26-20(30)12-13-22(32)28-29-24(35)27-21(31)14-15-23(33)34-16-6-9-17-7-2-1-3-8-17/h1-5,7-8,10-11H,6,9,12-16H2,(H,26,30)(H,28,32)(H2,27,29,31,35). The first-order chi connectivity index (χ1) is 16.8. The van der Waals surface area contributed by atoms with Gasteiger partial charge in [0.15, 0.2) is 5.11 Å². The Morgan fingerprint density at radius 1 is 0.800 bits per heavy atom. The van der Waals surface area contributed by atoms with E-state index < -0.39 is 17.8 Å². The van der Waals surface area contributed by atoms with E-state index in [1.165, 1.54) is 0 Å². The average Bonchev–Trinajstić information content (AvgIpc) is 2.85. The van der Waals surface area contributed by atoms with Crippen LogP contribution in [-0.2, 0) is 30.3 Å². The van der Waals surface area contributed by atoms with Gasteiger partial charge in [-0.05, 0) is 42.8 Å². The van der Waals surface area contributed by atoms with Crippen LogP contribution in [0.4, 0.5) is 5.69 Å². The van der Waals surface area contributed by atoms with Crippen LogP contribution >= 0.6 is 23.8 Å². The van der Waals surface area contributed by atoms with Crippen LogP contribution in [0.25, 0.3) is 0 Å². The smallest absolute Gasteiger partial charge is 0.306 e. The molecular formula is C24H27ClN4O5S. The fourth-order valence-electron chi connectivity index (χ4n) is 2.81. The molecule has 2 aromatic rings. The SMILES string of the molecule is O=C(CCC(=O)Nc1ccccc1Cl)NNC(=S)NC(=O)CCC(=O)OCCCc1ccccc1. The second kappa shape index (κ2) is 15.4. The average molecular weight is 519 g/mol. The molecule has 0 aliphatic carbocycles. The number of ether oxygens (including phenoxy) is 1. The number of esters is 1. The number of anilines is 1. The summed E-state index contributed by atoms with van der Waals surface area (Å²) in [5.74, 6) is -1.86. The Bertz CT molecular complexity index is 1040. The van der Waals surface area contributed by atoms with Crippen molar-refractivity contribution in [1.29, 1.82) is 0 Å². The van der Waals surface area contributed by atoms with Crippen LogP contribution in [-0.4, -0.2) is 35.4 Å². The van der Waals surface area contributed by atoms with Crippen LogP contribution in [0, 0.1) is 0 Å². The first kappa shape index (κ1) is 27.7. The maximum atomic E-state index is 11.9. The summed E-state index contributed by atoms with van der Waals surface area (Å²) in [6.07, 6.45) is 1.09. The molecular weight excluding hydrogens is 492 g/mol. The number of hydrogen-bond acceptors (Lipinski definition) is 6. The largest absolute Gasteiger partial charge is 0.466 e. The summed E-state index contributed by atoms with van der Waals surface area (Å²) in [4.78, 5) is 47.5. The van der Waals surface area contributed by atoms with E-state index in [1.807, 2.05) is 30.3 Å². The Hall–Kier alpha value is -3.50. The molecule has 11 heteroatoms. The number of carbonyl (C=O) groups excluding carboxylic acids is 4. The minimum Gasteiger partial charge on any atom is -0.466 e. The fourth-order valence-corrected chi connectivity index (χ4v) is 3.15. The summed E-state index contributed by atoms with van der Waals surface area (Å²) in [6.45, 7) is 0.276. The van der Waals surface area contributed by atoms with Gasteiger partial charge in [-0.25, -0.2) is 0 Å². The molecule has 0 bridgehead atoms. The number of carbonyl (C=O) groups is 4. The van der Waals surface area contributed by atoms with Crippen LogP contribution < -0.4 is 21.5 Å². The zero-order chi connectivity index (χ0) is 25.5. The van der Waals surface area contributed by atoms with Crippen molar-refractivity contribution < 1.29 is 23.9 Å². The second-order valence-corrected chi connectivity index (χ2v) is 8.20. The molecule has 3 amide bonds. The Labute approximate surface area is 213 Å². The number of rotatable bonds is 11. The topological polar surface area (TPSA) is 126 Å². The number of halogens is 1. The predicted octanol–water partition coefficient (Wildman–Crippen LogP) is 3.04. The minimum absolute atomic E-state index is 0.0781. The van der Waals surface area contributed by atoms with Crippen molar-refractivity contribution in [3.63, 3.8) is 0 Å². The van der Waals surface area contributed by atoms with Crippen LogP contribution in [0.2, 0.25) is 5.02 Å². The van der Waals surface area contributed by atoms with Crippen molar-refractivity contribution in [2.24, 2.45) is 0 Å². The number of thiocarbonyl (C=S) groups is 1. The lowest BCUT2D eigenvalue weighted by molar-refractivity contribution is -0.145. The summed E-state index contributed by atoms with van der Waals surface area (Å²) >= 11 is 10.9. The molecule has 9 nitrogen and oxygen atoms in total. The zero-order valence-corrected chi connectivity index (χ0v) is 20.5. The molecule has 35 heavy (non-hydrogen) atoms. The van der Waals surface area contributed by atoms with Crippen molar-refractivity contribution in [3.8, 4) is 0 Å². The van der Waals surface area contributed by atoms with Crippen LogP contribution in [0.1, 0.15) is 37.7 Å². The first-order valence-electron chi connectivity index (χ1n) is 11.0. The van der Waals surface area contributed by atoms with Gasteiger partial charge in [-0.1, -0.05) is 54.1 Å². The molecule has 0 spiro atoms. The molecule has 0 saturated heterocycles. The Morgan fingerprint density at radius 3 is 2.20 bits per heavy atom. The van der Waals surface area contributed by atoms with Gasteiger partial charge in [-0.3, -0.25) is 30.0 Å². The molecule has 0 radical (unpaired) electrons. The lowest BCUT2D eigenvalue weighted by atomic mass is 10.1. The summed E-state index contributed by atoms with van der Waals surface area (Å²) in [5.41, 5.74) is 6.28. The summed E-state index contributed by atoms with van der Waals surface area (Å²) < 4.78 is 5.12. The number of amides is 3. The van der Waals surface area contributed by atoms with E-state index in [0.717, 1.165) is 12.0 Å². The van der Waals surface area contributed by atoms with Gasteiger partial charge in [0.05, 0.1) is 23.7 Å². The van der Waals surface area contributed by atoms with Crippen molar-refractivity contribution in [2.75, 3.05) is 11.9 Å². The van der Waals surface area contributed by atoms with Crippen LogP contribution in [0.3, 0.4) is 0 Å². The van der Waals surface area contributed by atoms with Crippen molar-refractivity contribution in [1.82, 2.24) is 16.2 Å². The van der Waals surface area contributed by atoms with Gasteiger partial charge in [-0.15, -0.1) is 0 Å². The highest BCUT2D eigenvalue weighted by atomic mass is 35.5. The van der Waals surface area contributed by atoms with Crippen molar-refractivity contribution in [3.05, 3.63) is 65.2 Å². The highest BCUT2D eigenvalue weighted by Gasteiger charge is 2.12. The third-order valence-corrected chi connectivity index (χ3v) is 5.10. The molecule has 0 heterocycles. The molecule has 0 aromatic heterocycles. The van der Waals surface area contributed by atoms with Crippen molar-refractivity contribution in [2.45, 2.75) is 38.5 Å². The molecule has 4 N–H and O–H groups in total. The molecule has 186 valence electrons. The minimum atomic E-state index is -0.505. The molecule has 0 atom stereocenters. The van der Waals surface area contributed by atoms with E-state index in [4.69, 9.17) is 28.6 Å². The van der Waals surface area contributed by atoms with Gasteiger partial charge < -0.3 is 15.4 Å². The number of benzene rings is 2. The van der Waals surface area contributed by atoms with E-state index in [-0.39, 0.29) is 43.3 Å². The highest BCUT2D eigenvalue weighted by Crippen LogP contribution is 2.20. The molecule has 0 aliphatic heterocycles. The highest BCUT2D eigenvalue weighted by molar-refractivity contribution is 7.80. The number of aryl methyl sites for hydroxylation is 1. The summed E-state index contributed by atoms with van der Waals surface area (Å²) in [6, 6.07) is 16.6. The van der Waals surface area contributed by atoms with Gasteiger partial charge in [0.2, 0.25) is 17.7 Å². The second-order valence-electron chi connectivity index (χ2n) is 7.39. The quantitative estimate of drug-likeness (QED) is 0.156. The number of hydrogen-bond donors (Lipinski definition) is 4. The van der Waals surface area contributed by atoms with Gasteiger partial charge in [0.1, 0.15) is 0 Å². The van der Waals surface area contributed by atoms with Crippen molar-refractivity contribution >= 4 is 58.3 Å². The molecule has 0 saturated carbocycles. The fraction of sp³-hybridized carbons (Fsp3) is 0.292. The third-order valence-electron chi connectivity index (χ3n) is 4.57. The van der Waals surface area contributed by atoms with Gasteiger partial charge in [-0.2, -0.15) is 0 Å². The van der Waals surface area contributed by atoms with Gasteiger partial charge >= 0.3 is 5.97 Å². The monoisotopic (exact) mass is 518 g/mol. The summed E-state index contributed by atoms with van der Waals surface area (Å²) in [7, 11) is 0. The Morgan fingerprint density at radius 2 is 1.46 bits per heavy atom. The van der Waals surface area contributed by atoms with E-state index >= 15 is 0 Å². The van der Waals surface area contributed by atoms with E-state index in [2.05, 4.69) is 21.5 Å². The molecule has 2 aromatic carbocycles. The zero-order valence-electron chi connectivity index (χ0n) is 19.0. The van der Waals surface area contributed by atoms with Gasteiger partial charge in [0.25, 0.3) is 0 Å². The molecule has 0 aliphatic rings. The predicted molar refractivity (Wildman–Crippen MR) is 136 cm³/mol. The number of nitrogens with one attached hydrogen (secondary N) is 4. The van der Waals surface area contributed by atoms with Gasteiger partial charge in [0, 0.05) is 19.3 Å². The molecule has 2 rings (SSSR count). The Kier molecular flexibility index (Phi) is 12.2. The summed E-state index contributed by atoms with van der Waals surface area (Å²) in [5, 5.41) is 5.21. The lowest BCUT2D eigenvalue weighted by Gasteiger charge is -2.11. The van der Waals surface area contributed by atoms with E-state index in [1.54, 1.807) is 24.3 Å². The maximum absolute atomic E-state index is 11.9. The first-order valence-corrected chi connectivity index (χ1v) is 11.7. The Balaban J connectivity index is 1.52. The number of hydrazine groups is 1. The maximum Gasteiger partial charge on any atom is 0.306 e. The van der Waals surface area contributed by atoms with E-state index in [9.17, 15) is 19.2 Å². The third kappa shape index (κ3) is 12.0. The molecule has 0 fully saturated rings. The number of para-hydroxylation sites is 1. The van der Waals surface area contributed by atoms with Crippen LogP contribution in [0.15, 0.2) is 54.6 Å². The van der Waals surface area contributed by atoms with E-state index in [0.29, 0.717) is 17.1 Å². The normalized spacial score (nSPS) is 10.1.